The molecule has 0 saturated heterocycles. The van der Waals surface area contributed by atoms with Gasteiger partial charge in [0.1, 0.15) is 5.75 Å². The van der Waals surface area contributed by atoms with E-state index in [1.165, 1.54) is 0 Å². The van der Waals surface area contributed by atoms with Gasteiger partial charge in [-0.3, -0.25) is 15.9 Å². The fourth-order valence-corrected chi connectivity index (χ4v) is 3.00. The van der Waals surface area contributed by atoms with Crippen molar-refractivity contribution in [2.45, 2.75) is 6.92 Å². The van der Waals surface area contributed by atoms with Gasteiger partial charge < -0.3 is 10.4 Å². The first-order valence-corrected chi connectivity index (χ1v) is 7.73. The van der Waals surface area contributed by atoms with E-state index in [1.807, 2.05) is 29.5 Å². The van der Waals surface area contributed by atoms with Gasteiger partial charge in [-0.2, -0.15) is 0 Å². The standard InChI is InChI=1S/C15H13ClIN3O2/c1-7-4-10(13(21)12(17)5-7)15(22)20-8-2-3-9(14(18)19)11(16)6-8/h2-6,21H,1H3,(H3,18,19)(H,20,22)/p+1. The lowest BCUT2D eigenvalue weighted by Crippen LogP contribution is -2.46. The van der Waals surface area contributed by atoms with Crippen LogP contribution in [0.1, 0.15) is 21.5 Å². The first-order valence-electron chi connectivity index (χ1n) is 6.28. The Labute approximate surface area is 146 Å². The maximum absolute atomic E-state index is 12.3. The van der Waals surface area contributed by atoms with Crippen molar-refractivity contribution in [2.75, 3.05) is 5.32 Å². The van der Waals surface area contributed by atoms with Crippen LogP contribution < -0.4 is 16.5 Å². The molecule has 6 N–H and O–H groups in total. The van der Waals surface area contributed by atoms with E-state index in [2.05, 4.69) is 5.32 Å². The zero-order valence-corrected chi connectivity index (χ0v) is 14.6. The molecule has 0 heterocycles. The minimum Gasteiger partial charge on any atom is -0.506 e. The number of nitrogens with two attached hydrogens (primary N) is 2. The number of phenols is 1. The van der Waals surface area contributed by atoms with E-state index in [0.717, 1.165) is 5.56 Å². The number of carbonyl (C=O) groups excluding carboxylic acids is 1. The topological polar surface area (TPSA) is 101 Å². The second-order valence-electron chi connectivity index (χ2n) is 4.75. The molecule has 0 bridgehead atoms. The average Bonchev–Trinajstić information content (AvgIpc) is 2.42. The first-order chi connectivity index (χ1) is 10.3. The number of rotatable bonds is 3. The zero-order valence-electron chi connectivity index (χ0n) is 11.7. The summed E-state index contributed by atoms with van der Waals surface area (Å²) in [7, 11) is 0. The van der Waals surface area contributed by atoms with E-state index in [4.69, 9.17) is 22.7 Å². The molecule has 0 unspecified atom stereocenters. The maximum atomic E-state index is 12.3. The Kier molecular flexibility index (Phi) is 4.92. The quantitative estimate of drug-likeness (QED) is 0.338. The Morgan fingerprint density at radius 3 is 2.59 bits per heavy atom. The van der Waals surface area contributed by atoms with E-state index in [0.29, 0.717) is 19.8 Å². The van der Waals surface area contributed by atoms with Gasteiger partial charge in [-0.1, -0.05) is 11.6 Å². The Morgan fingerprint density at radius 1 is 1.32 bits per heavy atom. The summed E-state index contributed by atoms with van der Waals surface area (Å²) < 4.78 is 0.613. The van der Waals surface area contributed by atoms with Crippen LogP contribution in [0.15, 0.2) is 30.3 Å². The van der Waals surface area contributed by atoms with Gasteiger partial charge in [0.25, 0.3) is 11.7 Å². The molecule has 0 aliphatic rings. The van der Waals surface area contributed by atoms with Gasteiger partial charge in [0.2, 0.25) is 0 Å². The maximum Gasteiger partial charge on any atom is 0.272 e. The smallest absolute Gasteiger partial charge is 0.272 e. The Balaban J connectivity index is 2.30. The normalized spacial score (nSPS) is 10.3. The number of carbonyl (C=O) groups is 1. The number of anilines is 1. The molecule has 0 radical (unpaired) electrons. The van der Waals surface area contributed by atoms with E-state index < -0.39 is 5.91 Å². The average molecular weight is 431 g/mol. The number of amidine groups is 1. The molecule has 0 aromatic heterocycles. The van der Waals surface area contributed by atoms with Crippen LogP contribution in [0.2, 0.25) is 5.02 Å². The van der Waals surface area contributed by atoms with Crippen molar-refractivity contribution >= 4 is 51.6 Å². The van der Waals surface area contributed by atoms with E-state index >= 15 is 0 Å². The second kappa shape index (κ2) is 6.53. The molecule has 2 rings (SSSR count). The monoisotopic (exact) mass is 430 g/mol. The molecule has 0 fully saturated rings. The van der Waals surface area contributed by atoms with Crippen LogP contribution in [-0.4, -0.2) is 16.8 Å². The highest BCUT2D eigenvalue weighted by Crippen LogP contribution is 2.27. The number of phenolic OH excluding ortho intramolecular Hbond substituents is 1. The van der Waals surface area contributed by atoms with Crippen molar-refractivity contribution in [1.82, 2.24) is 0 Å². The summed E-state index contributed by atoms with van der Waals surface area (Å²) in [6.07, 6.45) is 0. The summed E-state index contributed by atoms with van der Waals surface area (Å²) in [5.74, 6) is -0.368. The largest absolute Gasteiger partial charge is 0.506 e. The summed E-state index contributed by atoms with van der Waals surface area (Å²) >= 11 is 8.03. The van der Waals surface area contributed by atoms with Crippen LogP contribution in [0.25, 0.3) is 0 Å². The summed E-state index contributed by atoms with van der Waals surface area (Å²) in [6.45, 7) is 1.85. The fraction of sp³-hybridized carbons (Fsp3) is 0.0667. The number of amides is 1. The molecule has 0 atom stereocenters. The van der Waals surface area contributed by atoms with Crippen LogP contribution in [0.4, 0.5) is 5.69 Å². The number of benzene rings is 2. The minimum absolute atomic E-state index is 0.0500. The third kappa shape index (κ3) is 3.50. The number of hydrogen-bond donors (Lipinski definition) is 4. The number of aromatic hydroxyl groups is 1. The summed E-state index contributed by atoms with van der Waals surface area (Å²) in [6, 6.07) is 8.21. The van der Waals surface area contributed by atoms with E-state index in [-0.39, 0.29) is 17.1 Å². The van der Waals surface area contributed by atoms with Crippen molar-refractivity contribution in [2.24, 2.45) is 5.73 Å². The molecule has 5 nitrogen and oxygen atoms in total. The minimum atomic E-state index is -0.423. The fourth-order valence-electron chi connectivity index (χ4n) is 1.93. The van der Waals surface area contributed by atoms with E-state index in [1.54, 1.807) is 30.3 Å². The number of nitrogens with one attached hydrogen (secondary N) is 1. The van der Waals surface area contributed by atoms with Gasteiger partial charge in [0, 0.05) is 5.69 Å². The SMILES string of the molecule is Cc1cc(I)c(O)c(C(=O)Nc2ccc(C(N)=[NH2+])c(Cl)c2)c1. The van der Waals surface area contributed by atoms with Crippen molar-refractivity contribution < 1.29 is 15.3 Å². The van der Waals surface area contributed by atoms with Crippen molar-refractivity contribution in [1.29, 1.82) is 0 Å². The molecule has 0 saturated carbocycles. The molecular weight excluding hydrogens is 417 g/mol. The lowest BCUT2D eigenvalue weighted by atomic mass is 10.1. The molecule has 1 amide bonds. The zero-order chi connectivity index (χ0) is 16.4. The summed E-state index contributed by atoms with van der Waals surface area (Å²) in [5, 5.41) is 18.5. The lowest BCUT2D eigenvalue weighted by Gasteiger charge is -2.10. The van der Waals surface area contributed by atoms with Crippen LogP contribution in [0.3, 0.4) is 0 Å². The van der Waals surface area contributed by atoms with Crippen LogP contribution in [0.5, 0.6) is 5.75 Å². The highest BCUT2D eigenvalue weighted by atomic mass is 127. The van der Waals surface area contributed by atoms with Crippen LogP contribution in [0, 0.1) is 10.5 Å². The second-order valence-corrected chi connectivity index (χ2v) is 6.32. The summed E-state index contributed by atoms with van der Waals surface area (Å²) in [4.78, 5) is 12.3. The first kappa shape index (κ1) is 16.6. The van der Waals surface area contributed by atoms with Crippen LogP contribution in [-0.2, 0) is 0 Å². The molecule has 0 aliphatic heterocycles. The van der Waals surface area contributed by atoms with E-state index in [9.17, 15) is 9.90 Å². The van der Waals surface area contributed by atoms with Gasteiger partial charge in [0.15, 0.2) is 0 Å². The highest BCUT2D eigenvalue weighted by Gasteiger charge is 2.16. The Hall–Kier alpha value is -1.80. The molecule has 0 aliphatic carbocycles. The Bertz CT molecular complexity index is 778. The summed E-state index contributed by atoms with van der Waals surface area (Å²) in [5.41, 5.74) is 7.57. The molecule has 2 aromatic rings. The van der Waals surface area contributed by atoms with Gasteiger partial charge in [-0.05, 0) is 65.4 Å². The van der Waals surface area contributed by atoms with Crippen molar-refractivity contribution in [3.63, 3.8) is 0 Å². The molecule has 0 spiro atoms. The number of hydrogen-bond acceptors (Lipinski definition) is 2. The Morgan fingerprint density at radius 2 is 2.00 bits per heavy atom. The van der Waals surface area contributed by atoms with Gasteiger partial charge >= 0.3 is 0 Å². The highest BCUT2D eigenvalue weighted by molar-refractivity contribution is 14.1. The predicted octanol–water partition coefficient (Wildman–Crippen LogP) is 1.68. The van der Waals surface area contributed by atoms with Crippen LogP contribution >= 0.6 is 34.2 Å². The molecule has 2 aromatic carbocycles. The third-order valence-electron chi connectivity index (χ3n) is 2.99. The lowest BCUT2D eigenvalue weighted by molar-refractivity contribution is -0.114. The molecule has 7 heteroatoms. The third-order valence-corrected chi connectivity index (χ3v) is 4.13. The van der Waals surface area contributed by atoms with Gasteiger partial charge in [-0.15, -0.1) is 0 Å². The predicted molar refractivity (Wildman–Crippen MR) is 95.2 cm³/mol. The van der Waals surface area contributed by atoms with Gasteiger partial charge in [0.05, 0.1) is 19.7 Å². The van der Waals surface area contributed by atoms with Crippen molar-refractivity contribution in [3.05, 3.63) is 55.6 Å². The molecule has 22 heavy (non-hydrogen) atoms. The molecule has 114 valence electrons. The van der Waals surface area contributed by atoms with Gasteiger partial charge in [-0.25, -0.2) is 0 Å². The van der Waals surface area contributed by atoms with Crippen molar-refractivity contribution in [3.8, 4) is 5.75 Å². The number of aryl methyl sites for hydroxylation is 1. The number of halogens is 2. The molecular formula is C15H14ClIN3O2+.